The minimum atomic E-state index is -0.687. The zero-order valence-electron chi connectivity index (χ0n) is 18.7. The van der Waals surface area contributed by atoms with Gasteiger partial charge in [-0.05, 0) is 48.9 Å². The van der Waals surface area contributed by atoms with Crippen LogP contribution >= 0.6 is 0 Å². The lowest BCUT2D eigenvalue weighted by Gasteiger charge is -2.32. The summed E-state index contributed by atoms with van der Waals surface area (Å²) in [7, 11) is 0. The Hall–Kier alpha value is -3.75. The van der Waals surface area contributed by atoms with E-state index in [9.17, 15) is 19.2 Å². The van der Waals surface area contributed by atoms with Crippen LogP contribution < -0.4 is 10.1 Å². The summed E-state index contributed by atoms with van der Waals surface area (Å²) in [4.78, 5) is 56.9. The second-order valence-electron chi connectivity index (χ2n) is 8.91. The summed E-state index contributed by atoms with van der Waals surface area (Å²) >= 11 is 0. The number of amides is 4. The fourth-order valence-corrected chi connectivity index (χ4v) is 5.00. The summed E-state index contributed by atoms with van der Waals surface area (Å²) in [5.41, 5.74) is 2.34. The quantitative estimate of drug-likeness (QED) is 0.677. The fraction of sp³-hybridized carbons (Fsp3) is 0.400. The van der Waals surface area contributed by atoms with Gasteiger partial charge in [-0.2, -0.15) is 0 Å². The van der Waals surface area contributed by atoms with Gasteiger partial charge in [-0.1, -0.05) is 12.1 Å². The Balaban J connectivity index is 1.20. The van der Waals surface area contributed by atoms with Crippen molar-refractivity contribution in [2.75, 3.05) is 19.7 Å². The van der Waals surface area contributed by atoms with Crippen molar-refractivity contribution in [1.29, 1.82) is 0 Å². The van der Waals surface area contributed by atoms with Gasteiger partial charge in [0.25, 0.3) is 11.8 Å². The number of hydrogen-bond acceptors (Lipinski definition) is 6. The molecule has 2 saturated heterocycles. The molecule has 0 saturated carbocycles. The van der Waals surface area contributed by atoms with Crippen molar-refractivity contribution in [3.63, 3.8) is 0 Å². The molecule has 0 bridgehead atoms. The maximum atomic E-state index is 12.9. The van der Waals surface area contributed by atoms with E-state index in [2.05, 4.69) is 16.4 Å². The second-order valence-corrected chi connectivity index (χ2v) is 8.91. The minimum Gasteiger partial charge on any atom is -0.483 e. The Morgan fingerprint density at radius 2 is 1.91 bits per heavy atom. The van der Waals surface area contributed by atoms with Gasteiger partial charge >= 0.3 is 0 Å². The Morgan fingerprint density at radius 1 is 1.09 bits per heavy atom. The third-order valence-corrected chi connectivity index (χ3v) is 6.89. The number of nitrogens with one attached hydrogen (secondary N) is 1. The molecule has 9 nitrogen and oxygen atoms in total. The van der Waals surface area contributed by atoms with Gasteiger partial charge in [0.05, 0.1) is 6.54 Å². The third-order valence-electron chi connectivity index (χ3n) is 6.89. The number of pyridine rings is 1. The molecule has 0 radical (unpaired) electrons. The lowest BCUT2D eigenvalue weighted by atomic mass is 9.90. The molecular formula is C25H26N4O5. The summed E-state index contributed by atoms with van der Waals surface area (Å²) in [5.74, 6) is -0.255. The van der Waals surface area contributed by atoms with E-state index in [1.54, 1.807) is 24.4 Å². The molecule has 176 valence electrons. The van der Waals surface area contributed by atoms with Crippen LogP contribution in [0.1, 0.15) is 53.1 Å². The standard InChI is InChI=1S/C25H26N4O5/c30-22-7-6-20(24(32)27-22)29-14-19-18(25(29)33)4-1-5-21(19)34-15-23(31)28-11-8-16(9-12-28)17-3-2-10-26-13-17/h1-5,10,13,16,20H,6-9,11-12,14-15H2,(H,27,30,32). The summed E-state index contributed by atoms with van der Waals surface area (Å²) in [5, 5.41) is 2.30. The first-order chi connectivity index (χ1) is 16.5. The van der Waals surface area contributed by atoms with Crippen LogP contribution in [0, 0.1) is 0 Å². The number of benzene rings is 1. The SMILES string of the molecule is O=C1CCC(N2Cc3c(OCC(=O)N4CCC(c5cccnc5)CC4)cccc3C2=O)C(=O)N1. The summed E-state index contributed by atoms with van der Waals surface area (Å²) in [6.45, 7) is 1.43. The number of rotatable bonds is 5. The van der Waals surface area contributed by atoms with Gasteiger partial charge in [-0.3, -0.25) is 29.5 Å². The van der Waals surface area contributed by atoms with Crippen LogP contribution in [-0.2, 0) is 20.9 Å². The van der Waals surface area contributed by atoms with Crippen molar-refractivity contribution in [3.05, 3.63) is 59.4 Å². The van der Waals surface area contributed by atoms with Crippen LogP contribution in [-0.4, -0.2) is 64.2 Å². The number of hydrogen-bond donors (Lipinski definition) is 1. The molecule has 2 aromatic rings. The molecule has 34 heavy (non-hydrogen) atoms. The molecule has 1 atom stereocenters. The van der Waals surface area contributed by atoms with E-state index in [1.807, 2.05) is 17.2 Å². The molecule has 1 aromatic carbocycles. The van der Waals surface area contributed by atoms with E-state index in [1.165, 1.54) is 10.5 Å². The van der Waals surface area contributed by atoms with Gasteiger partial charge in [-0.25, -0.2) is 0 Å². The molecule has 1 N–H and O–H groups in total. The lowest BCUT2D eigenvalue weighted by Crippen LogP contribution is -2.52. The zero-order valence-corrected chi connectivity index (χ0v) is 18.7. The molecule has 3 aliphatic heterocycles. The number of likely N-dealkylation sites (tertiary alicyclic amines) is 1. The molecule has 4 amide bonds. The van der Waals surface area contributed by atoms with Gasteiger partial charge in [-0.15, -0.1) is 0 Å². The van der Waals surface area contributed by atoms with Crippen molar-refractivity contribution in [1.82, 2.24) is 20.1 Å². The second kappa shape index (κ2) is 9.24. The van der Waals surface area contributed by atoms with Crippen molar-refractivity contribution in [2.24, 2.45) is 0 Å². The van der Waals surface area contributed by atoms with E-state index in [0.717, 1.165) is 12.8 Å². The number of nitrogens with zero attached hydrogens (tertiary/aromatic N) is 3. The van der Waals surface area contributed by atoms with Gasteiger partial charge in [0.2, 0.25) is 11.8 Å². The minimum absolute atomic E-state index is 0.0893. The van der Waals surface area contributed by atoms with Gasteiger partial charge in [0, 0.05) is 43.0 Å². The number of piperidine rings is 2. The maximum Gasteiger partial charge on any atom is 0.260 e. The summed E-state index contributed by atoms with van der Waals surface area (Å²) in [6.07, 6.45) is 5.92. The molecule has 9 heteroatoms. The van der Waals surface area contributed by atoms with Gasteiger partial charge < -0.3 is 14.5 Å². The Kier molecular flexibility index (Phi) is 6.00. The van der Waals surface area contributed by atoms with E-state index in [0.29, 0.717) is 42.3 Å². The summed E-state index contributed by atoms with van der Waals surface area (Å²) < 4.78 is 5.87. The predicted molar refractivity (Wildman–Crippen MR) is 121 cm³/mol. The lowest BCUT2D eigenvalue weighted by molar-refractivity contribution is -0.137. The number of carbonyl (C=O) groups is 4. The Morgan fingerprint density at radius 3 is 2.65 bits per heavy atom. The number of aromatic nitrogens is 1. The van der Waals surface area contributed by atoms with Crippen molar-refractivity contribution in [2.45, 2.75) is 44.2 Å². The smallest absolute Gasteiger partial charge is 0.260 e. The average molecular weight is 463 g/mol. The topological polar surface area (TPSA) is 109 Å². The number of fused-ring (bicyclic) bond motifs is 1. The highest BCUT2D eigenvalue weighted by Crippen LogP contribution is 2.34. The van der Waals surface area contributed by atoms with Crippen LogP contribution in [0.2, 0.25) is 0 Å². The highest BCUT2D eigenvalue weighted by molar-refractivity contribution is 6.05. The molecule has 2 fully saturated rings. The third kappa shape index (κ3) is 4.25. The van der Waals surface area contributed by atoms with Crippen LogP contribution in [0.15, 0.2) is 42.7 Å². The number of carbonyl (C=O) groups excluding carboxylic acids is 4. The average Bonchev–Trinajstić information content (AvgIpc) is 3.20. The first-order valence-electron chi connectivity index (χ1n) is 11.6. The zero-order chi connectivity index (χ0) is 23.7. The van der Waals surface area contributed by atoms with Crippen molar-refractivity contribution >= 4 is 23.6 Å². The van der Waals surface area contributed by atoms with Crippen LogP contribution in [0.4, 0.5) is 0 Å². The normalized spacial score (nSPS) is 20.8. The molecule has 3 aliphatic rings. The number of imide groups is 1. The maximum absolute atomic E-state index is 12.9. The van der Waals surface area contributed by atoms with E-state index < -0.39 is 11.9 Å². The van der Waals surface area contributed by atoms with E-state index >= 15 is 0 Å². The summed E-state index contributed by atoms with van der Waals surface area (Å²) in [6, 6.07) is 8.47. The predicted octanol–water partition coefficient (Wildman–Crippen LogP) is 1.63. The van der Waals surface area contributed by atoms with E-state index in [4.69, 9.17) is 4.74 Å². The molecule has 1 unspecified atom stereocenters. The Bertz CT molecular complexity index is 1130. The van der Waals surface area contributed by atoms with E-state index in [-0.39, 0.29) is 37.3 Å². The molecular weight excluding hydrogens is 436 g/mol. The van der Waals surface area contributed by atoms with Crippen molar-refractivity contribution < 1.29 is 23.9 Å². The highest BCUT2D eigenvalue weighted by Gasteiger charge is 2.40. The highest BCUT2D eigenvalue weighted by atomic mass is 16.5. The molecule has 0 aliphatic carbocycles. The largest absolute Gasteiger partial charge is 0.483 e. The first kappa shape index (κ1) is 22.1. The molecule has 4 heterocycles. The van der Waals surface area contributed by atoms with Gasteiger partial charge in [0.15, 0.2) is 6.61 Å². The monoisotopic (exact) mass is 462 g/mol. The molecule has 0 spiro atoms. The van der Waals surface area contributed by atoms with Gasteiger partial charge in [0.1, 0.15) is 11.8 Å². The van der Waals surface area contributed by atoms with Crippen molar-refractivity contribution in [3.8, 4) is 5.75 Å². The fourth-order valence-electron chi connectivity index (χ4n) is 5.00. The molecule has 1 aromatic heterocycles. The Labute approximate surface area is 197 Å². The van der Waals surface area contributed by atoms with Crippen LogP contribution in [0.3, 0.4) is 0 Å². The van der Waals surface area contributed by atoms with Crippen LogP contribution in [0.5, 0.6) is 5.75 Å². The van der Waals surface area contributed by atoms with Crippen LogP contribution in [0.25, 0.3) is 0 Å². The molecule has 5 rings (SSSR count). The first-order valence-corrected chi connectivity index (χ1v) is 11.6. The number of ether oxygens (including phenoxy) is 1.